The minimum Gasteiger partial charge on any atom is -0.349 e. The molecule has 0 atom stereocenters. The molecule has 0 radical (unpaired) electrons. The van der Waals surface area contributed by atoms with E-state index >= 15 is 0 Å². The van der Waals surface area contributed by atoms with Gasteiger partial charge in [-0.05, 0) is 6.42 Å². The topological polar surface area (TPSA) is 28.7 Å². The standard InChI is InChI=1S/C7H12N2.CH3Cl/c1-2-3-4-7-8-5-6-9-7;1-2/h5-6H,2-4H2,1H3,(H,8,9);1H3. The molecular weight excluding hydrogens is 160 g/mol. The molecule has 0 aromatic carbocycles. The predicted molar refractivity (Wildman–Crippen MR) is 49.0 cm³/mol. The second-order valence-corrected chi connectivity index (χ2v) is 2.14. The van der Waals surface area contributed by atoms with Crippen molar-refractivity contribution in [3.8, 4) is 0 Å². The summed E-state index contributed by atoms with van der Waals surface area (Å²) in [5.74, 6) is 1.11. The molecule has 1 rings (SSSR count). The number of alkyl halides is 1. The molecule has 0 spiro atoms. The number of hydrogen-bond acceptors (Lipinski definition) is 1. The summed E-state index contributed by atoms with van der Waals surface area (Å²) in [6, 6.07) is 0. The number of imidazole rings is 1. The van der Waals surface area contributed by atoms with Crippen molar-refractivity contribution in [3.63, 3.8) is 0 Å². The predicted octanol–water partition coefficient (Wildman–Crippen LogP) is 2.61. The molecule has 0 aliphatic rings. The minimum absolute atomic E-state index is 1.09. The molecular formula is C8H15ClN2. The monoisotopic (exact) mass is 174 g/mol. The van der Waals surface area contributed by atoms with Crippen LogP contribution in [0.25, 0.3) is 0 Å². The zero-order chi connectivity index (χ0) is 8.53. The Morgan fingerprint density at radius 1 is 1.55 bits per heavy atom. The summed E-state index contributed by atoms with van der Waals surface area (Å²) in [6.45, 7) is 2.18. The van der Waals surface area contributed by atoms with E-state index in [1.165, 1.54) is 19.2 Å². The fraction of sp³-hybridized carbons (Fsp3) is 0.625. The second-order valence-electron chi connectivity index (χ2n) is 2.14. The summed E-state index contributed by atoms with van der Waals surface area (Å²) < 4.78 is 0. The van der Waals surface area contributed by atoms with Crippen LogP contribution in [0.5, 0.6) is 0 Å². The fourth-order valence-corrected chi connectivity index (χ4v) is 0.779. The highest BCUT2D eigenvalue weighted by Gasteiger charge is 1.90. The van der Waals surface area contributed by atoms with Gasteiger partial charge in [-0.1, -0.05) is 13.3 Å². The van der Waals surface area contributed by atoms with E-state index in [0.29, 0.717) is 0 Å². The lowest BCUT2D eigenvalue weighted by atomic mass is 10.2. The highest BCUT2D eigenvalue weighted by Crippen LogP contribution is 1.96. The van der Waals surface area contributed by atoms with E-state index in [9.17, 15) is 0 Å². The van der Waals surface area contributed by atoms with Gasteiger partial charge in [-0.15, -0.1) is 11.6 Å². The number of halogens is 1. The maximum absolute atomic E-state index is 4.64. The highest BCUT2D eigenvalue weighted by atomic mass is 35.5. The van der Waals surface area contributed by atoms with Crippen molar-refractivity contribution in [1.82, 2.24) is 9.97 Å². The summed E-state index contributed by atoms with van der Waals surface area (Å²) in [4.78, 5) is 7.16. The third-order valence-corrected chi connectivity index (χ3v) is 1.32. The van der Waals surface area contributed by atoms with Gasteiger partial charge in [0, 0.05) is 25.2 Å². The zero-order valence-electron chi connectivity index (χ0n) is 7.10. The van der Waals surface area contributed by atoms with Gasteiger partial charge in [-0.2, -0.15) is 0 Å². The van der Waals surface area contributed by atoms with Crippen molar-refractivity contribution >= 4 is 11.6 Å². The molecule has 1 heterocycles. The minimum atomic E-state index is 1.09. The van der Waals surface area contributed by atoms with E-state index in [2.05, 4.69) is 28.5 Å². The van der Waals surface area contributed by atoms with Crippen LogP contribution in [0.3, 0.4) is 0 Å². The van der Waals surface area contributed by atoms with Gasteiger partial charge in [-0.3, -0.25) is 0 Å². The first-order valence-electron chi connectivity index (χ1n) is 3.79. The van der Waals surface area contributed by atoms with Gasteiger partial charge < -0.3 is 4.98 Å². The Morgan fingerprint density at radius 2 is 2.27 bits per heavy atom. The molecule has 0 fully saturated rings. The van der Waals surface area contributed by atoms with Crippen molar-refractivity contribution in [2.24, 2.45) is 0 Å². The Hall–Kier alpha value is -0.500. The van der Waals surface area contributed by atoms with Crippen LogP contribution < -0.4 is 0 Å². The van der Waals surface area contributed by atoms with Gasteiger partial charge in [-0.25, -0.2) is 4.98 Å². The largest absolute Gasteiger partial charge is 0.349 e. The number of nitrogens with one attached hydrogen (secondary N) is 1. The van der Waals surface area contributed by atoms with E-state index in [-0.39, 0.29) is 0 Å². The summed E-state index contributed by atoms with van der Waals surface area (Å²) in [5.41, 5.74) is 0. The van der Waals surface area contributed by atoms with Crippen molar-refractivity contribution in [2.45, 2.75) is 26.2 Å². The average molecular weight is 175 g/mol. The lowest BCUT2D eigenvalue weighted by Gasteiger charge is -1.90. The van der Waals surface area contributed by atoms with E-state index in [0.717, 1.165) is 12.2 Å². The molecule has 64 valence electrons. The van der Waals surface area contributed by atoms with Crippen LogP contribution in [0.15, 0.2) is 12.4 Å². The molecule has 0 amide bonds. The van der Waals surface area contributed by atoms with Crippen molar-refractivity contribution in [1.29, 1.82) is 0 Å². The quantitative estimate of drug-likeness (QED) is 0.702. The van der Waals surface area contributed by atoms with Crippen LogP contribution in [0.2, 0.25) is 0 Å². The number of unbranched alkanes of at least 4 members (excludes halogenated alkanes) is 1. The number of rotatable bonds is 3. The summed E-state index contributed by atoms with van der Waals surface area (Å²) in [7, 11) is 0. The van der Waals surface area contributed by atoms with Gasteiger partial charge in [0.1, 0.15) is 5.82 Å². The summed E-state index contributed by atoms with van der Waals surface area (Å²) >= 11 is 4.64. The van der Waals surface area contributed by atoms with Gasteiger partial charge in [0.15, 0.2) is 0 Å². The van der Waals surface area contributed by atoms with E-state index in [1.807, 2.05) is 6.20 Å². The lowest BCUT2D eigenvalue weighted by Crippen LogP contribution is -1.85. The molecule has 0 saturated carbocycles. The van der Waals surface area contributed by atoms with Crippen molar-refractivity contribution in [3.05, 3.63) is 18.2 Å². The molecule has 2 nitrogen and oxygen atoms in total. The van der Waals surface area contributed by atoms with Crippen LogP contribution in [0.4, 0.5) is 0 Å². The van der Waals surface area contributed by atoms with Crippen LogP contribution in [-0.4, -0.2) is 16.4 Å². The van der Waals surface area contributed by atoms with Crippen molar-refractivity contribution < 1.29 is 0 Å². The molecule has 1 N–H and O–H groups in total. The van der Waals surface area contributed by atoms with E-state index < -0.39 is 0 Å². The average Bonchev–Trinajstić information content (AvgIpc) is 2.57. The van der Waals surface area contributed by atoms with Crippen LogP contribution in [0, 0.1) is 0 Å². The van der Waals surface area contributed by atoms with Crippen LogP contribution in [0.1, 0.15) is 25.6 Å². The molecule has 1 aromatic rings. The van der Waals surface area contributed by atoms with Gasteiger partial charge in [0.25, 0.3) is 0 Å². The van der Waals surface area contributed by atoms with E-state index in [4.69, 9.17) is 0 Å². The van der Waals surface area contributed by atoms with Crippen LogP contribution in [-0.2, 0) is 6.42 Å². The molecule has 0 unspecified atom stereocenters. The fourth-order valence-electron chi connectivity index (χ4n) is 0.779. The third kappa shape index (κ3) is 4.85. The first kappa shape index (κ1) is 10.5. The Morgan fingerprint density at radius 3 is 2.73 bits per heavy atom. The Labute approximate surface area is 73.0 Å². The number of hydrogen-bond donors (Lipinski definition) is 1. The lowest BCUT2D eigenvalue weighted by molar-refractivity contribution is 0.762. The Bertz CT molecular complexity index is 149. The number of H-pyrrole nitrogens is 1. The molecule has 3 heteroatoms. The summed E-state index contributed by atoms with van der Waals surface area (Å²) in [6.07, 6.45) is 8.69. The number of aromatic amines is 1. The molecule has 0 aliphatic heterocycles. The smallest absolute Gasteiger partial charge is 0.105 e. The maximum atomic E-state index is 4.64. The van der Waals surface area contributed by atoms with Crippen molar-refractivity contribution in [2.75, 3.05) is 6.38 Å². The molecule has 1 aromatic heterocycles. The van der Waals surface area contributed by atoms with Crippen LogP contribution >= 0.6 is 11.6 Å². The molecule has 0 saturated heterocycles. The number of aryl methyl sites for hydroxylation is 1. The molecule has 0 bridgehead atoms. The number of aromatic nitrogens is 2. The second kappa shape index (κ2) is 7.61. The molecule has 0 aliphatic carbocycles. The Balaban J connectivity index is 0.000000461. The van der Waals surface area contributed by atoms with Gasteiger partial charge in [0.05, 0.1) is 0 Å². The third-order valence-electron chi connectivity index (χ3n) is 1.32. The zero-order valence-corrected chi connectivity index (χ0v) is 7.86. The first-order chi connectivity index (χ1) is 5.43. The SMILES string of the molecule is CCCCc1ncc[nH]1.CCl. The van der Waals surface area contributed by atoms with E-state index in [1.54, 1.807) is 6.20 Å². The van der Waals surface area contributed by atoms with Gasteiger partial charge >= 0.3 is 0 Å². The first-order valence-corrected chi connectivity index (χ1v) is 4.55. The van der Waals surface area contributed by atoms with Gasteiger partial charge in [0.2, 0.25) is 0 Å². The summed E-state index contributed by atoms with van der Waals surface area (Å²) in [5, 5.41) is 0. The Kier molecular flexibility index (Phi) is 7.26. The normalized spacial score (nSPS) is 8.64. The molecule has 11 heavy (non-hydrogen) atoms. The maximum Gasteiger partial charge on any atom is 0.105 e. The number of nitrogens with zero attached hydrogens (tertiary/aromatic N) is 1. The highest BCUT2D eigenvalue weighted by molar-refractivity contribution is 6.15.